The van der Waals surface area contributed by atoms with E-state index in [-0.39, 0.29) is 11.6 Å². The zero-order valence-electron chi connectivity index (χ0n) is 14.2. The Morgan fingerprint density at radius 1 is 0.852 bits per heavy atom. The van der Waals surface area contributed by atoms with Crippen LogP contribution < -0.4 is 5.32 Å². The number of carbonyl (C=O) groups is 1. The first-order valence-corrected chi connectivity index (χ1v) is 8.35. The van der Waals surface area contributed by atoms with Crippen molar-refractivity contribution >= 4 is 11.6 Å². The molecule has 0 saturated carbocycles. The van der Waals surface area contributed by atoms with Gasteiger partial charge in [0.1, 0.15) is 5.82 Å². The molecule has 1 aromatic heterocycles. The highest BCUT2D eigenvalue weighted by Crippen LogP contribution is 2.22. The third kappa shape index (κ3) is 3.59. The summed E-state index contributed by atoms with van der Waals surface area (Å²) in [6, 6.07) is 24.4. The van der Waals surface area contributed by atoms with Gasteiger partial charge in [-0.25, -0.2) is 14.1 Å². The molecule has 0 atom stereocenters. The molecular formula is C21H15FN4O. The van der Waals surface area contributed by atoms with Crippen LogP contribution in [-0.2, 0) is 0 Å². The van der Waals surface area contributed by atoms with Crippen molar-refractivity contribution in [1.82, 2.24) is 14.8 Å². The van der Waals surface area contributed by atoms with Crippen molar-refractivity contribution < 1.29 is 9.18 Å². The first kappa shape index (κ1) is 16.7. The number of aromatic nitrogens is 3. The summed E-state index contributed by atoms with van der Waals surface area (Å²) >= 11 is 0. The van der Waals surface area contributed by atoms with E-state index in [2.05, 4.69) is 15.4 Å². The van der Waals surface area contributed by atoms with Crippen LogP contribution in [0.3, 0.4) is 0 Å². The molecule has 1 N–H and O–H groups in total. The molecule has 0 aliphatic heterocycles. The van der Waals surface area contributed by atoms with Gasteiger partial charge < -0.3 is 5.32 Å². The van der Waals surface area contributed by atoms with Crippen LogP contribution in [0.4, 0.5) is 10.1 Å². The maximum absolute atomic E-state index is 13.3. The van der Waals surface area contributed by atoms with Gasteiger partial charge >= 0.3 is 0 Å². The molecule has 3 aromatic carbocycles. The molecule has 27 heavy (non-hydrogen) atoms. The summed E-state index contributed by atoms with van der Waals surface area (Å²) in [4.78, 5) is 17.0. The molecule has 0 spiro atoms. The van der Waals surface area contributed by atoms with Crippen LogP contribution in [0.1, 0.15) is 10.6 Å². The van der Waals surface area contributed by atoms with Gasteiger partial charge in [-0.15, -0.1) is 5.10 Å². The molecule has 0 radical (unpaired) electrons. The third-order valence-corrected chi connectivity index (χ3v) is 3.95. The molecule has 6 heteroatoms. The minimum Gasteiger partial charge on any atom is -0.319 e. The number of nitrogens with zero attached hydrogens (tertiary/aromatic N) is 3. The van der Waals surface area contributed by atoms with Crippen LogP contribution in [-0.4, -0.2) is 20.7 Å². The standard InChI is InChI=1S/C21H15FN4O/c22-16-13-11-15(12-14-16)20-24-19(21(27)23-17-7-3-1-4-8-17)25-26(20)18-9-5-2-6-10-18/h1-14H,(H,23,27). The van der Waals surface area contributed by atoms with E-state index in [0.717, 1.165) is 5.69 Å². The van der Waals surface area contributed by atoms with E-state index in [0.29, 0.717) is 17.1 Å². The van der Waals surface area contributed by atoms with E-state index >= 15 is 0 Å². The lowest BCUT2D eigenvalue weighted by molar-refractivity contribution is 0.101. The Hall–Kier alpha value is -3.80. The lowest BCUT2D eigenvalue weighted by Crippen LogP contribution is -2.14. The summed E-state index contributed by atoms with van der Waals surface area (Å²) in [5, 5.41) is 7.15. The first-order chi connectivity index (χ1) is 13.2. The van der Waals surface area contributed by atoms with Crippen molar-refractivity contribution in [3.8, 4) is 17.1 Å². The number of halogens is 1. The lowest BCUT2D eigenvalue weighted by Gasteiger charge is -2.05. The molecule has 0 unspecified atom stereocenters. The Balaban J connectivity index is 1.75. The minimum atomic E-state index is -0.417. The topological polar surface area (TPSA) is 59.8 Å². The van der Waals surface area contributed by atoms with Crippen molar-refractivity contribution in [2.24, 2.45) is 0 Å². The molecule has 132 valence electrons. The van der Waals surface area contributed by atoms with Gasteiger partial charge in [0.15, 0.2) is 5.82 Å². The van der Waals surface area contributed by atoms with Crippen LogP contribution in [0, 0.1) is 5.82 Å². The second-order valence-corrected chi connectivity index (χ2v) is 5.83. The van der Waals surface area contributed by atoms with Crippen LogP contribution in [0.2, 0.25) is 0 Å². The van der Waals surface area contributed by atoms with Gasteiger partial charge in [0, 0.05) is 11.3 Å². The van der Waals surface area contributed by atoms with Crippen molar-refractivity contribution in [2.45, 2.75) is 0 Å². The summed E-state index contributed by atoms with van der Waals surface area (Å²) in [5.41, 5.74) is 2.07. The molecule has 0 fully saturated rings. The van der Waals surface area contributed by atoms with Crippen molar-refractivity contribution in [1.29, 1.82) is 0 Å². The summed E-state index contributed by atoms with van der Waals surface area (Å²) in [5.74, 6) is -0.271. The van der Waals surface area contributed by atoms with Crippen molar-refractivity contribution in [3.05, 3.63) is 96.6 Å². The Morgan fingerprint density at radius 3 is 2.15 bits per heavy atom. The number of benzene rings is 3. The Bertz CT molecular complexity index is 1060. The number of hydrogen-bond donors (Lipinski definition) is 1. The number of nitrogens with one attached hydrogen (secondary N) is 1. The number of para-hydroxylation sites is 2. The van der Waals surface area contributed by atoms with Gasteiger partial charge in [-0.1, -0.05) is 36.4 Å². The van der Waals surface area contributed by atoms with E-state index in [9.17, 15) is 9.18 Å². The van der Waals surface area contributed by atoms with Gasteiger partial charge in [0.2, 0.25) is 5.82 Å². The quantitative estimate of drug-likeness (QED) is 0.591. The molecule has 0 aliphatic carbocycles. The smallest absolute Gasteiger partial charge is 0.295 e. The highest BCUT2D eigenvalue weighted by molar-refractivity contribution is 6.01. The predicted octanol–water partition coefficient (Wildman–Crippen LogP) is 4.33. The van der Waals surface area contributed by atoms with Crippen LogP contribution in [0.5, 0.6) is 0 Å². The van der Waals surface area contributed by atoms with E-state index < -0.39 is 5.91 Å². The number of amides is 1. The Labute approximate surface area is 155 Å². The van der Waals surface area contributed by atoms with E-state index in [1.54, 1.807) is 28.9 Å². The summed E-state index contributed by atoms with van der Waals surface area (Å²) in [6.07, 6.45) is 0. The average Bonchev–Trinajstić information content (AvgIpc) is 3.16. The minimum absolute atomic E-state index is 0.0297. The molecule has 5 nitrogen and oxygen atoms in total. The lowest BCUT2D eigenvalue weighted by atomic mass is 10.2. The fourth-order valence-electron chi connectivity index (χ4n) is 2.65. The number of hydrogen-bond acceptors (Lipinski definition) is 3. The van der Waals surface area contributed by atoms with Crippen molar-refractivity contribution in [2.75, 3.05) is 5.32 Å². The summed E-state index contributed by atoms with van der Waals surface area (Å²) < 4.78 is 14.9. The zero-order valence-corrected chi connectivity index (χ0v) is 14.2. The van der Waals surface area contributed by atoms with E-state index in [1.165, 1.54) is 12.1 Å². The molecular weight excluding hydrogens is 343 g/mol. The molecule has 0 saturated heterocycles. The Morgan fingerprint density at radius 2 is 1.48 bits per heavy atom. The number of anilines is 1. The highest BCUT2D eigenvalue weighted by Gasteiger charge is 2.19. The maximum atomic E-state index is 13.3. The normalized spacial score (nSPS) is 10.6. The fourth-order valence-corrected chi connectivity index (χ4v) is 2.65. The third-order valence-electron chi connectivity index (χ3n) is 3.95. The fraction of sp³-hybridized carbons (Fsp3) is 0. The molecule has 1 heterocycles. The van der Waals surface area contributed by atoms with Gasteiger partial charge in [0.05, 0.1) is 5.69 Å². The number of carbonyl (C=O) groups excluding carboxylic acids is 1. The van der Waals surface area contributed by atoms with Crippen LogP contribution >= 0.6 is 0 Å². The monoisotopic (exact) mass is 358 g/mol. The molecule has 4 rings (SSSR count). The van der Waals surface area contributed by atoms with E-state index in [1.807, 2.05) is 48.5 Å². The van der Waals surface area contributed by atoms with Gasteiger partial charge in [-0.2, -0.15) is 0 Å². The highest BCUT2D eigenvalue weighted by atomic mass is 19.1. The predicted molar refractivity (Wildman–Crippen MR) is 101 cm³/mol. The average molecular weight is 358 g/mol. The van der Waals surface area contributed by atoms with Crippen LogP contribution in [0.25, 0.3) is 17.1 Å². The molecule has 4 aromatic rings. The summed E-state index contributed by atoms with van der Waals surface area (Å²) in [7, 11) is 0. The van der Waals surface area contributed by atoms with Gasteiger partial charge in [-0.05, 0) is 48.5 Å². The molecule has 0 aliphatic rings. The largest absolute Gasteiger partial charge is 0.319 e. The SMILES string of the molecule is O=C(Nc1ccccc1)c1nc(-c2ccc(F)cc2)n(-c2ccccc2)n1. The maximum Gasteiger partial charge on any atom is 0.295 e. The summed E-state index contributed by atoms with van der Waals surface area (Å²) in [6.45, 7) is 0. The van der Waals surface area contributed by atoms with Gasteiger partial charge in [-0.3, -0.25) is 4.79 Å². The second kappa shape index (κ2) is 7.21. The first-order valence-electron chi connectivity index (χ1n) is 8.35. The molecule has 0 bridgehead atoms. The van der Waals surface area contributed by atoms with Gasteiger partial charge in [0.25, 0.3) is 5.91 Å². The van der Waals surface area contributed by atoms with E-state index in [4.69, 9.17) is 0 Å². The number of rotatable bonds is 4. The molecule has 1 amide bonds. The van der Waals surface area contributed by atoms with Crippen molar-refractivity contribution in [3.63, 3.8) is 0 Å². The zero-order chi connectivity index (χ0) is 18.6. The Kier molecular flexibility index (Phi) is 4.45. The van der Waals surface area contributed by atoms with Crippen LogP contribution in [0.15, 0.2) is 84.9 Å². The second-order valence-electron chi connectivity index (χ2n) is 5.83.